The van der Waals surface area contributed by atoms with Gasteiger partial charge in [-0.3, -0.25) is 0 Å². The van der Waals surface area contributed by atoms with E-state index in [0.29, 0.717) is 0 Å². The molecule has 2 N–H and O–H groups in total. The summed E-state index contributed by atoms with van der Waals surface area (Å²) in [5.41, 5.74) is 0.954. The van der Waals surface area contributed by atoms with Gasteiger partial charge in [0.2, 0.25) is 0 Å². The fourth-order valence-corrected chi connectivity index (χ4v) is 2.28. The first-order chi connectivity index (χ1) is 10.9. The lowest BCUT2D eigenvalue weighted by Gasteiger charge is -2.27. The third-order valence-corrected chi connectivity index (χ3v) is 3.29. The van der Waals surface area contributed by atoms with E-state index in [4.69, 9.17) is 4.74 Å². The van der Waals surface area contributed by atoms with Crippen LogP contribution < -0.4 is 5.32 Å². The van der Waals surface area contributed by atoms with Crippen LogP contribution in [0.2, 0.25) is 0 Å². The Hall–Kier alpha value is -2.33. The number of carbonyl (C=O) groups excluding carboxylic acids is 1. The zero-order valence-electron chi connectivity index (χ0n) is 13.7. The normalized spacial score (nSPS) is 13.9. The van der Waals surface area contributed by atoms with Gasteiger partial charge in [-0.25, -0.2) is 4.79 Å². The number of carbonyl (C=O) groups is 1. The molecule has 2 rings (SSSR count). The third-order valence-electron chi connectivity index (χ3n) is 3.29. The Kier molecular flexibility index (Phi) is 5.40. The van der Waals surface area contributed by atoms with Crippen LogP contribution in [0, 0.1) is 0 Å². The minimum atomic E-state index is -0.869. The maximum Gasteiger partial charge on any atom is 0.408 e. The first-order valence-electron chi connectivity index (χ1n) is 7.64. The van der Waals surface area contributed by atoms with Gasteiger partial charge in [0.1, 0.15) is 11.7 Å². The topological polar surface area (TPSA) is 58.6 Å². The van der Waals surface area contributed by atoms with Crippen LogP contribution in [-0.2, 0) is 4.74 Å². The monoisotopic (exact) mass is 313 g/mol. The van der Waals surface area contributed by atoms with Gasteiger partial charge in [0.15, 0.2) is 0 Å². The lowest BCUT2D eigenvalue weighted by molar-refractivity contribution is 0.0419. The van der Waals surface area contributed by atoms with Crippen molar-refractivity contribution in [3.8, 4) is 0 Å². The summed E-state index contributed by atoms with van der Waals surface area (Å²) in [7, 11) is 0. The van der Waals surface area contributed by atoms with E-state index in [1.54, 1.807) is 20.8 Å². The van der Waals surface area contributed by atoms with E-state index in [9.17, 15) is 9.90 Å². The SMILES string of the molecule is CC(C)(C)OC(=O)N[C@@H](c1ccccc1)[C@H](O)c1ccccc1. The van der Waals surface area contributed by atoms with E-state index in [1.807, 2.05) is 60.7 Å². The second-order valence-electron chi connectivity index (χ2n) is 6.39. The molecule has 4 heteroatoms. The summed E-state index contributed by atoms with van der Waals surface area (Å²) < 4.78 is 5.31. The molecule has 0 spiro atoms. The van der Waals surface area contributed by atoms with Gasteiger partial charge in [-0.2, -0.15) is 0 Å². The Morgan fingerprint density at radius 2 is 1.43 bits per heavy atom. The molecule has 2 aromatic rings. The smallest absolute Gasteiger partial charge is 0.408 e. The van der Waals surface area contributed by atoms with Gasteiger partial charge in [0.25, 0.3) is 0 Å². The van der Waals surface area contributed by atoms with Crippen molar-refractivity contribution in [2.45, 2.75) is 38.5 Å². The minimum absolute atomic E-state index is 0.554. The van der Waals surface area contributed by atoms with Crippen LogP contribution in [0.25, 0.3) is 0 Å². The minimum Gasteiger partial charge on any atom is -0.444 e. The highest BCUT2D eigenvalue weighted by Gasteiger charge is 2.26. The standard InChI is InChI=1S/C19H23NO3/c1-19(2,3)23-18(22)20-16(14-10-6-4-7-11-14)17(21)15-12-8-5-9-13-15/h4-13,16-17,21H,1-3H3,(H,20,22)/t16-,17+/m0/s1. The van der Waals surface area contributed by atoms with Crippen LogP contribution in [0.5, 0.6) is 0 Å². The molecule has 0 aliphatic rings. The van der Waals surface area contributed by atoms with Crippen LogP contribution >= 0.6 is 0 Å². The Balaban J connectivity index is 2.24. The van der Waals surface area contributed by atoms with Crippen LogP contribution in [0.15, 0.2) is 60.7 Å². The molecule has 1 amide bonds. The van der Waals surface area contributed by atoms with Gasteiger partial charge < -0.3 is 15.2 Å². The molecule has 4 nitrogen and oxygen atoms in total. The maximum atomic E-state index is 12.1. The number of alkyl carbamates (subject to hydrolysis) is 1. The number of hydrogen-bond donors (Lipinski definition) is 2. The highest BCUT2D eigenvalue weighted by Crippen LogP contribution is 2.29. The largest absolute Gasteiger partial charge is 0.444 e. The first kappa shape index (κ1) is 17.0. The van der Waals surface area contributed by atoms with Gasteiger partial charge >= 0.3 is 6.09 Å². The van der Waals surface area contributed by atoms with Crippen molar-refractivity contribution < 1.29 is 14.6 Å². The quantitative estimate of drug-likeness (QED) is 0.897. The molecule has 0 saturated heterocycles. The molecule has 0 aliphatic heterocycles. The predicted molar refractivity (Wildman–Crippen MR) is 90.0 cm³/mol. The zero-order valence-corrected chi connectivity index (χ0v) is 13.7. The van der Waals surface area contributed by atoms with Crippen molar-refractivity contribution in [3.05, 3.63) is 71.8 Å². The molecular formula is C19H23NO3. The van der Waals surface area contributed by atoms with Gasteiger partial charge in [0.05, 0.1) is 6.04 Å². The lowest BCUT2D eigenvalue weighted by Crippen LogP contribution is -2.37. The number of amides is 1. The van der Waals surface area contributed by atoms with Crippen molar-refractivity contribution in [1.82, 2.24) is 5.32 Å². The Labute approximate surface area is 137 Å². The Morgan fingerprint density at radius 3 is 1.91 bits per heavy atom. The Morgan fingerprint density at radius 1 is 0.957 bits per heavy atom. The van der Waals surface area contributed by atoms with Gasteiger partial charge in [-0.05, 0) is 31.9 Å². The van der Waals surface area contributed by atoms with Crippen LogP contribution in [0.4, 0.5) is 4.79 Å². The number of aliphatic hydroxyl groups is 1. The van der Waals surface area contributed by atoms with Gasteiger partial charge in [-0.1, -0.05) is 60.7 Å². The first-order valence-corrected chi connectivity index (χ1v) is 7.64. The predicted octanol–water partition coefficient (Wildman–Crippen LogP) is 3.99. The van der Waals surface area contributed by atoms with Gasteiger partial charge in [-0.15, -0.1) is 0 Å². The average molecular weight is 313 g/mol. The number of nitrogens with one attached hydrogen (secondary N) is 1. The van der Waals surface area contributed by atoms with E-state index in [0.717, 1.165) is 11.1 Å². The summed E-state index contributed by atoms with van der Waals surface area (Å²) in [4.78, 5) is 12.1. The number of ether oxygens (including phenoxy) is 1. The number of aliphatic hydroxyl groups excluding tert-OH is 1. The van der Waals surface area contributed by atoms with Crippen LogP contribution in [0.3, 0.4) is 0 Å². The molecule has 2 atom stereocenters. The van der Waals surface area contributed by atoms with E-state index in [-0.39, 0.29) is 0 Å². The summed E-state index contributed by atoms with van der Waals surface area (Å²) in [5, 5.41) is 13.5. The Bertz CT molecular complexity index is 620. The molecule has 0 fully saturated rings. The van der Waals surface area contributed by atoms with E-state index < -0.39 is 23.8 Å². The molecule has 23 heavy (non-hydrogen) atoms. The highest BCUT2D eigenvalue weighted by atomic mass is 16.6. The maximum absolute atomic E-state index is 12.1. The fourth-order valence-electron chi connectivity index (χ4n) is 2.28. The molecule has 0 aromatic heterocycles. The van der Waals surface area contributed by atoms with Crippen LogP contribution in [0.1, 0.15) is 44.0 Å². The number of hydrogen-bond acceptors (Lipinski definition) is 3. The molecule has 0 unspecified atom stereocenters. The molecule has 0 saturated carbocycles. The molecule has 122 valence electrons. The second kappa shape index (κ2) is 7.29. The fraction of sp³-hybridized carbons (Fsp3) is 0.316. The summed E-state index contributed by atoms with van der Waals surface area (Å²) in [6, 6.07) is 18.0. The van der Waals surface area contributed by atoms with Crippen molar-refractivity contribution in [2.24, 2.45) is 0 Å². The second-order valence-corrected chi connectivity index (χ2v) is 6.39. The summed E-state index contributed by atoms with van der Waals surface area (Å²) >= 11 is 0. The molecule has 2 aromatic carbocycles. The lowest BCUT2D eigenvalue weighted by atomic mass is 9.96. The van der Waals surface area contributed by atoms with Crippen molar-refractivity contribution in [3.63, 3.8) is 0 Å². The van der Waals surface area contributed by atoms with Crippen molar-refractivity contribution >= 4 is 6.09 Å². The zero-order chi connectivity index (χ0) is 16.9. The summed E-state index contributed by atoms with van der Waals surface area (Å²) in [6.07, 6.45) is -1.42. The molecule has 0 bridgehead atoms. The summed E-state index contributed by atoms with van der Waals surface area (Å²) in [5.74, 6) is 0. The van der Waals surface area contributed by atoms with Crippen molar-refractivity contribution in [2.75, 3.05) is 0 Å². The van der Waals surface area contributed by atoms with Gasteiger partial charge in [0, 0.05) is 0 Å². The average Bonchev–Trinajstić information content (AvgIpc) is 2.52. The van der Waals surface area contributed by atoms with Crippen LogP contribution in [-0.4, -0.2) is 16.8 Å². The summed E-state index contributed by atoms with van der Waals surface area (Å²) in [6.45, 7) is 5.41. The van der Waals surface area contributed by atoms with E-state index in [2.05, 4.69) is 5.32 Å². The number of benzene rings is 2. The van der Waals surface area contributed by atoms with E-state index >= 15 is 0 Å². The molecular weight excluding hydrogens is 290 g/mol. The molecule has 0 radical (unpaired) electrons. The number of rotatable bonds is 4. The third kappa shape index (κ3) is 5.11. The van der Waals surface area contributed by atoms with E-state index in [1.165, 1.54) is 0 Å². The molecule has 0 aliphatic carbocycles. The van der Waals surface area contributed by atoms with Crippen molar-refractivity contribution in [1.29, 1.82) is 0 Å². The molecule has 0 heterocycles. The highest BCUT2D eigenvalue weighted by molar-refractivity contribution is 5.68.